The van der Waals surface area contributed by atoms with Gasteiger partial charge in [0.25, 0.3) is 5.91 Å². The Morgan fingerprint density at radius 2 is 1.91 bits per heavy atom. The summed E-state index contributed by atoms with van der Waals surface area (Å²) < 4.78 is 13.9. The van der Waals surface area contributed by atoms with E-state index in [-0.39, 0.29) is 11.7 Å². The number of hydrogen-bond acceptors (Lipinski definition) is 5. The predicted octanol–water partition coefficient (Wildman–Crippen LogP) is 4.55. The van der Waals surface area contributed by atoms with Crippen LogP contribution in [0.2, 0.25) is 0 Å². The zero-order chi connectivity index (χ0) is 23.2. The summed E-state index contributed by atoms with van der Waals surface area (Å²) in [5.74, 6) is 0.612. The number of benzene rings is 1. The topological polar surface area (TPSA) is 98.9 Å². The summed E-state index contributed by atoms with van der Waals surface area (Å²) in [5.41, 5.74) is 0.839. The van der Waals surface area contributed by atoms with E-state index < -0.39 is 11.5 Å². The zero-order valence-electron chi connectivity index (χ0n) is 18.3. The minimum Gasteiger partial charge on any atom is -0.380 e. The van der Waals surface area contributed by atoms with Crippen LogP contribution in [0.5, 0.6) is 0 Å². The number of amides is 1. The molecule has 5 rings (SSSR count). The Kier molecular flexibility index (Phi) is 5.34. The third-order valence-corrected chi connectivity index (χ3v) is 7.58. The Balaban J connectivity index is 1.27. The summed E-state index contributed by atoms with van der Waals surface area (Å²) in [6.45, 7) is 1.58. The van der Waals surface area contributed by atoms with E-state index in [1.165, 1.54) is 12.3 Å². The van der Waals surface area contributed by atoms with Crippen LogP contribution < -0.4 is 5.32 Å². The summed E-state index contributed by atoms with van der Waals surface area (Å²) in [6, 6.07) is 11.8. The first-order valence-corrected chi connectivity index (χ1v) is 11.3. The first-order chi connectivity index (χ1) is 15.8. The van der Waals surface area contributed by atoms with Crippen LogP contribution in [-0.4, -0.2) is 26.6 Å². The van der Waals surface area contributed by atoms with Crippen LogP contribution in [0, 0.1) is 34.9 Å². The van der Waals surface area contributed by atoms with Gasteiger partial charge in [-0.2, -0.15) is 5.26 Å². The molecule has 2 aliphatic rings. The quantitative estimate of drug-likeness (QED) is 0.615. The molecule has 2 aliphatic carbocycles. The second-order valence-electron chi connectivity index (χ2n) is 9.56. The molecule has 1 amide bonds. The lowest BCUT2D eigenvalue weighted by Gasteiger charge is -2.29. The van der Waals surface area contributed by atoms with E-state index in [2.05, 4.69) is 15.3 Å². The van der Waals surface area contributed by atoms with Crippen molar-refractivity contribution in [3.05, 3.63) is 65.7 Å². The minimum atomic E-state index is -1.51. The Hall–Kier alpha value is -3.37. The number of fused-ring (bicyclic) bond motifs is 2. The Labute approximate surface area is 191 Å². The Morgan fingerprint density at radius 1 is 1.15 bits per heavy atom. The van der Waals surface area contributed by atoms with Crippen molar-refractivity contribution in [3.8, 4) is 6.07 Å². The smallest absolute Gasteiger partial charge is 0.257 e. The largest absolute Gasteiger partial charge is 0.380 e. The summed E-state index contributed by atoms with van der Waals surface area (Å²) in [7, 11) is 0. The van der Waals surface area contributed by atoms with E-state index >= 15 is 0 Å². The van der Waals surface area contributed by atoms with Crippen molar-refractivity contribution in [2.24, 2.45) is 17.8 Å². The number of aromatic nitrogens is 2. The van der Waals surface area contributed by atoms with Crippen molar-refractivity contribution in [1.82, 2.24) is 9.97 Å². The van der Waals surface area contributed by atoms with E-state index in [4.69, 9.17) is 5.26 Å². The van der Waals surface area contributed by atoms with E-state index in [0.717, 1.165) is 42.1 Å². The minimum absolute atomic E-state index is 0.140. The molecule has 0 radical (unpaired) electrons. The zero-order valence-corrected chi connectivity index (χ0v) is 18.3. The van der Waals surface area contributed by atoms with Crippen LogP contribution in [0.3, 0.4) is 0 Å². The fraction of sp³-hybridized carbons (Fsp3) is 0.385. The van der Waals surface area contributed by atoms with Gasteiger partial charge in [-0.15, -0.1) is 0 Å². The number of aliphatic hydroxyl groups is 1. The first kappa shape index (κ1) is 21.5. The molecule has 1 aromatic carbocycles. The van der Waals surface area contributed by atoms with Crippen molar-refractivity contribution >= 4 is 22.6 Å². The monoisotopic (exact) mass is 444 g/mol. The van der Waals surface area contributed by atoms with E-state index in [0.29, 0.717) is 29.1 Å². The molecule has 0 spiro atoms. The molecule has 2 heterocycles. The molecule has 0 aliphatic heterocycles. The van der Waals surface area contributed by atoms with Crippen molar-refractivity contribution in [3.63, 3.8) is 0 Å². The number of pyridine rings is 2. The van der Waals surface area contributed by atoms with Crippen molar-refractivity contribution in [1.29, 1.82) is 5.26 Å². The molecule has 0 saturated heterocycles. The number of nitrogens with zero attached hydrogens (tertiary/aromatic N) is 3. The van der Waals surface area contributed by atoms with Gasteiger partial charge < -0.3 is 10.4 Å². The van der Waals surface area contributed by atoms with Gasteiger partial charge in [-0.3, -0.25) is 9.78 Å². The number of rotatable bonds is 4. The molecule has 33 heavy (non-hydrogen) atoms. The molecule has 7 heteroatoms. The first-order valence-electron chi connectivity index (χ1n) is 11.3. The highest BCUT2D eigenvalue weighted by molar-refractivity contribution is 5.96. The number of nitrogens with one attached hydrogen (secondary N) is 1. The molecular formula is C26H25FN4O2. The lowest BCUT2D eigenvalue weighted by atomic mass is 9.83. The maximum absolute atomic E-state index is 13.9. The highest BCUT2D eigenvalue weighted by atomic mass is 19.1. The van der Waals surface area contributed by atoms with Crippen LogP contribution in [-0.2, 0) is 4.79 Å². The van der Waals surface area contributed by atoms with Crippen molar-refractivity contribution in [2.75, 3.05) is 5.32 Å². The number of carbonyl (C=O) groups excluding carboxylic acids is 1. The van der Waals surface area contributed by atoms with Crippen LogP contribution >= 0.6 is 0 Å². The number of nitriles is 1. The van der Waals surface area contributed by atoms with Crippen molar-refractivity contribution in [2.45, 2.75) is 44.1 Å². The molecule has 3 aromatic rings. The third kappa shape index (κ3) is 3.96. The van der Waals surface area contributed by atoms with Gasteiger partial charge in [0.05, 0.1) is 11.1 Å². The Morgan fingerprint density at radius 3 is 2.58 bits per heavy atom. The maximum atomic E-state index is 13.9. The number of carbonyl (C=O) groups is 1. The Bertz CT molecular complexity index is 1240. The lowest BCUT2D eigenvalue weighted by Crippen LogP contribution is -2.46. The molecule has 2 N–H and O–H groups in total. The average molecular weight is 445 g/mol. The number of anilines is 1. The molecular weight excluding hydrogens is 419 g/mol. The van der Waals surface area contributed by atoms with Gasteiger partial charge in [0, 0.05) is 17.8 Å². The van der Waals surface area contributed by atoms with E-state index in [1.807, 2.05) is 12.1 Å². The maximum Gasteiger partial charge on any atom is 0.257 e. The summed E-state index contributed by atoms with van der Waals surface area (Å²) in [4.78, 5) is 21.3. The third-order valence-electron chi connectivity index (χ3n) is 7.58. The van der Waals surface area contributed by atoms with Gasteiger partial charge >= 0.3 is 0 Å². The van der Waals surface area contributed by atoms with Gasteiger partial charge in [-0.05, 0) is 98.2 Å². The van der Waals surface area contributed by atoms with Crippen LogP contribution in [0.4, 0.5) is 10.2 Å². The summed E-state index contributed by atoms with van der Waals surface area (Å²) in [6.07, 6.45) is 6.66. The molecule has 2 aromatic heterocycles. The molecule has 2 saturated carbocycles. The molecule has 168 valence electrons. The molecule has 6 nitrogen and oxygen atoms in total. The fourth-order valence-corrected chi connectivity index (χ4v) is 5.79. The fourth-order valence-electron chi connectivity index (χ4n) is 5.79. The molecule has 3 unspecified atom stereocenters. The predicted molar refractivity (Wildman–Crippen MR) is 122 cm³/mol. The average Bonchev–Trinajstić information content (AvgIpc) is 3.39. The van der Waals surface area contributed by atoms with E-state index in [9.17, 15) is 14.3 Å². The second kappa shape index (κ2) is 8.20. The standard InChI is InChI=1S/C26H25FN4O2/c1-26(33,25(32)31-24-5-2-15(13-28)14-30-24)19-10-16-8-18(9-17(16)11-19)21-6-7-29-23-4-3-20(27)12-22(21)23/h2-7,12,14,16-19,33H,8-11H2,1H3,(H,30,31,32)/t16-,17+,18?,19?,26?. The molecule has 0 bridgehead atoms. The number of hydrogen-bond donors (Lipinski definition) is 2. The van der Waals surface area contributed by atoms with Gasteiger partial charge in [0.2, 0.25) is 0 Å². The lowest BCUT2D eigenvalue weighted by molar-refractivity contribution is -0.137. The highest BCUT2D eigenvalue weighted by Gasteiger charge is 2.50. The summed E-state index contributed by atoms with van der Waals surface area (Å²) in [5, 5.41) is 23.6. The van der Waals surface area contributed by atoms with Gasteiger partial charge in [-0.1, -0.05) is 0 Å². The van der Waals surface area contributed by atoms with Crippen LogP contribution in [0.15, 0.2) is 48.8 Å². The normalized spacial score (nSPS) is 25.9. The van der Waals surface area contributed by atoms with Gasteiger partial charge in [0.15, 0.2) is 0 Å². The van der Waals surface area contributed by atoms with Gasteiger partial charge in [-0.25, -0.2) is 9.37 Å². The highest BCUT2D eigenvalue weighted by Crippen LogP contribution is 2.55. The molecule has 2 fully saturated rings. The van der Waals surface area contributed by atoms with Crippen LogP contribution in [0.25, 0.3) is 10.9 Å². The van der Waals surface area contributed by atoms with Crippen LogP contribution in [0.1, 0.15) is 49.7 Å². The molecule has 5 atom stereocenters. The number of halogens is 1. The SMILES string of the molecule is CC(O)(C(=O)Nc1ccc(C#N)cn1)C1C[C@H]2CC(c3ccnc4ccc(F)cc34)C[C@H]2C1. The van der Waals surface area contributed by atoms with E-state index in [1.54, 1.807) is 37.4 Å². The van der Waals surface area contributed by atoms with Crippen molar-refractivity contribution < 1.29 is 14.3 Å². The summed E-state index contributed by atoms with van der Waals surface area (Å²) >= 11 is 0. The second-order valence-corrected chi connectivity index (χ2v) is 9.56. The van der Waals surface area contributed by atoms with Gasteiger partial charge in [0.1, 0.15) is 23.3 Å².